The lowest BCUT2D eigenvalue weighted by atomic mass is 9.87. The molecule has 0 heterocycles. The number of carbonyl (C=O) groups excluding carboxylic acids is 3. The second-order valence-electron chi connectivity index (χ2n) is 5.27. The van der Waals surface area contributed by atoms with Gasteiger partial charge in [0.05, 0.1) is 19.8 Å². The van der Waals surface area contributed by atoms with Crippen LogP contribution in [0.1, 0.15) is 17.3 Å². The van der Waals surface area contributed by atoms with Crippen LogP contribution in [0.3, 0.4) is 0 Å². The van der Waals surface area contributed by atoms with E-state index in [1.54, 1.807) is 0 Å². The van der Waals surface area contributed by atoms with E-state index >= 15 is 0 Å². The zero-order valence-corrected chi connectivity index (χ0v) is 14.1. The molecule has 1 aromatic carbocycles. The molecule has 2 N–H and O–H groups in total. The fourth-order valence-electron chi connectivity index (χ4n) is 2.29. The zero-order valence-electron chi connectivity index (χ0n) is 14.1. The van der Waals surface area contributed by atoms with E-state index in [0.717, 1.165) is 32.4 Å². The van der Waals surface area contributed by atoms with Gasteiger partial charge in [0.1, 0.15) is 6.04 Å². The Hall–Kier alpha value is -3.04. The number of amides is 1. The Kier molecular flexibility index (Phi) is 7.17. The van der Waals surface area contributed by atoms with E-state index in [0.29, 0.717) is 0 Å². The molecule has 0 aromatic heterocycles. The molecule has 0 saturated carbocycles. The van der Waals surface area contributed by atoms with Crippen LogP contribution >= 0.6 is 0 Å². The molecule has 0 aliphatic carbocycles. The fourth-order valence-corrected chi connectivity index (χ4v) is 2.29. The van der Waals surface area contributed by atoms with E-state index in [9.17, 15) is 33.1 Å². The highest BCUT2D eigenvalue weighted by Crippen LogP contribution is 2.21. The Balaban J connectivity index is 3.16. The molecular weight excluding hydrogens is 356 g/mol. The molecule has 0 aliphatic rings. The van der Waals surface area contributed by atoms with E-state index in [2.05, 4.69) is 9.47 Å². The maximum Gasteiger partial charge on any atom is 0.326 e. The minimum atomic E-state index is -1.78. The van der Waals surface area contributed by atoms with Gasteiger partial charge in [-0.25, -0.2) is 13.6 Å². The Bertz CT molecular complexity index is 707. The van der Waals surface area contributed by atoms with Gasteiger partial charge in [-0.3, -0.25) is 14.4 Å². The summed E-state index contributed by atoms with van der Waals surface area (Å²) in [5, 5.41) is 11.3. The topological polar surface area (TPSA) is 119 Å². The number of methoxy groups -OCH3 is 2. The standard InChI is InChI=1S/C16H17F2NO7/c1-7(10(15(23)25-2)16(24)26-3)12(14(21)22)19-13(20)8-5-4-6-9(17)11(8)18/h4-7,10,12H,1-3H3,(H,19,20)(H,21,22)/t7-,12+/m1/s1. The molecule has 0 spiro atoms. The molecule has 2 atom stereocenters. The second-order valence-corrected chi connectivity index (χ2v) is 5.27. The lowest BCUT2D eigenvalue weighted by molar-refractivity contribution is -0.162. The van der Waals surface area contributed by atoms with Gasteiger partial charge in [0.2, 0.25) is 0 Å². The SMILES string of the molecule is COC(=O)C(C(=O)OC)[C@@H](C)[C@H](NC(=O)c1cccc(F)c1F)C(=O)O. The first-order chi connectivity index (χ1) is 12.1. The number of hydrogen-bond donors (Lipinski definition) is 2. The van der Waals surface area contributed by atoms with Gasteiger partial charge in [-0.1, -0.05) is 13.0 Å². The Morgan fingerprint density at radius 1 is 1.08 bits per heavy atom. The summed E-state index contributed by atoms with van der Waals surface area (Å²) in [6, 6.07) is 1.02. The highest BCUT2D eigenvalue weighted by molar-refractivity contribution is 5.99. The molecule has 8 nitrogen and oxygen atoms in total. The summed E-state index contributed by atoms with van der Waals surface area (Å²) in [7, 11) is 1.98. The lowest BCUT2D eigenvalue weighted by Crippen LogP contribution is -2.50. The molecule has 0 unspecified atom stereocenters. The number of nitrogens with one attached hydrogen (secondary N) is 1. The van der Waals surface area contributed by atoms with Crippen molar-refractivity contribution < 1.29 is 42.5 Å². The van der Waals surface area contributed by atoms with Gasteiger partial charge in [0.15, 0.2) is 17.6 Å². The molecule has 0 aliphatic heterocycles. The molecule has 1 aromatic rings. The van der Waals surface area contributed by atoms with Gasteiger partial charge in [0, 0.05) is 5.92 Å². The van der Waals surface area contributed by atoms with Crippen LogP contribution in [-0.2, 0) is 23.9 Å². The third-order valence-electron chi connectivity index (χ3n) is 3.71. The average molecular weight is 373 g/mol. The fraction of sp³-hybridized carbons (Fsp3) is 0.375. The summed E-state index contributed by atoms with van der Waals surface area (Å²) >= 11 is 0. The Labute approximate surface area is 147 Å². The molecule has 0 saturated heterocycles. The third-order valence-corrected chi connectivity index (χ3v) is 3.71. The summed E-state index contributed by atoms with van der Waals surface area (Å²) in [5.41, 5.74) is -0.726. The molecule has 0 bridgehead atoms. The number of benzene rings is 1. The van der Waals surface area contributed by atoms with Crippen molar-refractivity contribution in [2.75, 3.05) is 14.2 Å². The van der Waals surface area contributed by atoms with Crippen LogP contribution in [0.4, 0.5) is 8.78 Å². The highest BCUT2D eigenvalue weighted by atomic mass is 19.2. The summed E-state index contributed by atoms with van der Waals surface area (Å²) in [6.45, 7) is 1.19. The maximum atomic E-state index is 13.7. The first kappa shape index (κ1) is 21.0. The first-order valence-corrected chi connectivity index (χ1v) is 7.29. The molecule has 0 radical (unpaired) electrons. The highest BCUT2D eigenvalue weighted by Gasteiger charge is 2.42. The smallest absolute Gasteiger partial charge is 0.326 e. The largest absolute Gasteiger partial charge is 0.480 e. The van der Waals surface area contributed by atoms with Gasteiger partial charge >= 0.3 is 17.9 Å². The summed E-state index contributed by atoms with van der Waals surface area (Å²) in [4.78, 5) is 47.2. The lowest BCUT2D eigenvalue weighted by Gasteiger charge is -2.26. The molecule has 1 amide bonds. The predicted octanol–water partition coefficient (Wildman–Crippen LogP) is 0.746. The number of halogens is 2. The van der Waals surface area contributed by atoms with Gasteiger partial charge < -0.3 is 19.9 Å². The average Bonchev–Trinajstić information content (AvgIpc) is 2.60. The van der Waals surface area contributed by atoms with Gasteiger partial charge in [-0.05, 0) is 12.1 Å². The summed E-state index contributed by atoms with van der Waals surface area (Å²) in [5.74, 6) is -10.7. The molecule has 142 valence electrons. The van der Waals surface area contributed by atoms with Gasteiger partial charge in [-0.2, -0.15) is 0 Å². The number of carbonyl (C=O) groups is 4. The predicted molar refractivity (Wildman–Crippen MR) is 81.9 cm³/mol. The minimum absolute atomic E-state index is 0.726. The van der Waals surface area contributed by atoms with Crippen LogP contribution in [0.5, 0.6) is 0 Å². The van der Waals surface area contributed by atoms with Crippen LogP contribution in [0.15, 0.2) is 18.2 Å². The normalized spacial score (nSPS) is 12.8. The molecular formula is C16H17F2NO7. The molecule has 1 rings (SSSR count). The Morgan fingerprint density at radius 3 is 2.08 bits per heavy atom. The number of rotatable bonds is 7. The molecule has 26 heavy (non-hydrogen) atoms. The maximum absolute atomic E-state index is 13.7. The van der Waals surface area contributed by atoms with Crippen molar-refractivity contribution >= 4 is 23.8 Å². The van der Waals surface area contributed by atoms with Crippen molar-refractivity contribution in [2.45, 2.75) is 13.0 Å². The number of ether oxygens (including phenoxy) is 2. The van der Waals surface area contributed by atoms with E-state index in [1.807, 2.05) is 5.32 Å². The van der Waals surface area contributed by atoms with E-state index < -0.39 is 58.9 Å². The van der Waals surface area contributed by atoms with Gasteiger partial charge in [0.25, 0.3) is 5.91 Å². The van der Waals surface area contributed by atoms with E-state index in [-0.39, 0.29) is 0 Å². The first-order valence-electron chi connectivity index (χ1n) is 7.29. The molecule has 10 heteroatoms. The number of carboxylic acids is 1. The van der Waals surface area contributed by atoms with Crippen molar-refractivity contribution in [2.24, 2.45) is 11.8 Å². The third kappa shape index (κ3) is 4.52. The van der Waals surface area contributed by atoms with Crippen LogP contribution in [0, 0.1) is 23.5 Å². The Morgan fingerprint density at radius 2 is 1.62 bits per heavy atom. The van der Waals surface area contributed by atoms with Crippen molar-refractivity contribution in [3.8, 4) is 0 Å². The quantitative estimate of drug-likeness (QED) is 0.535. The van der Waals surface area contributed by atoms with Crippen LogP contribution < -0.4 is 5.32 Å². The summed E-state index contributed by atoms with van der Waals surface area (Å²) < 4.78 is 35.8. The van der Waals surface area contributed by atoms with Crippen molar-refractivity contribution in [1.29, 1.82) is 0 Å². The van der Waals surface area contributed by atoms with Crippen LogP contribution in [-0.4, -0.2) is 49.2 Å². The van der Waals surface area contributed by atoms with Crippen molar-refractivity contribution in [1.82, 2.24) is 5.32 Å². The number of carboxylic acid groups (broad SMARTS) is 1. The molecule has 0 fully saturated rings. The summed E-state index contributed by atoms with van der Waals surface area (Å²) in [6.07, 6.45) is 0. The van der Waals surface area contributed by atoms with E-state index in [4.69, 9.17) is 0 Å². The number of aliphatic carboxylic acids is 1. The number of hydrogen-bond acceptors (Lipinski definition) is 6. The monoisotopic (exact) mass is 373 g/mol. The van der Waals surface area contributed by atoms with Crippen molar-refractivity contribution in [3.63, 3.8) is 0 Å². The van der Waals surface area contributed by atoms with E-state index in [1.165, 1.54) is 6.92 Å². The van der Waals surface area contributed by atoms with Crippen LogP contribution in [0.2, 0.25) is 0 Å². The number of esters is 2. The zero-order chi connectivity index (χ0) is 20.0. The van der Waals surface area contributed by atoms with Crippen LogP contribution in [0.25, 0.3) is 0 Å². The second kappa shape index (κ2) is 8.88. The van der Waals surface area contributed by atoms with Crippen molar-refractivity contribution in [3.05, 3.63) is 35.4 Å². The minimum Gasteiger partial charge on any atom is -0.480 e. The van der Waals surface area contributed by atoms with Gasteiger partial charge in [-0.15, -0.1) is 0 Å².